The largest absolute Gasteiger partial charge is 0.389 e. The Labute approximate surface area is 56.1 Å². The molecule has 0 aliphatic rings. The Balaban J connectivity index is 3.15. The van der Waals surface area contributed by atoms with Crippen LogP contribution in [-0.2, 0) is 4.74 Å². The molecule has 0 rings (SSSR count). The Hall–Kier alpha value is -0.340. The first kappa shape index (κ1) is 8.66. The summed E-state index contributed by atoms with van der Waals surface area (Å²) in [6.45, 7) is 2.50. The maximum atomic E-state index is 9.01. The summed E-state index contributed by atoms with van der Waals surface area (Å²) in [5.41, 5.74) is 0. The molecule has 54 valence electrons. The van der Waals surface area contributed by atoms with Crippen LogP contribution in [0, 0.1) is 0 Å². The second-order valence-electron chi connectivity index (χ2n) is 1.87. The predicted molar refractivity (Wildman–Crippen MR) is 37.3 cm³/mol. The van der Waals surface area contributed by atoms with Gasteiger partial charge in [0, 0.05) is 20.1 Å². The van der Waals surface area contributed by atoms with Crippen LogP contribution in [-0.4, -0.2) is 24.9 Å². The summed E-state index contributed by atoms with van der Waals surface area (Å²) in [6, 6.07) is 0. The van der Waals surface area contributed by atoms with Crippen molar-refractivity contribution < 1.29 is 9.84 Å². The van der Waals surface area contributed by atoms with Gasteiger partial charge >= 0.3 is 0 Å². The Morgan fingerprint density at radius 3 is 2.78 bits per heavy atom. The van der Waals surface area contributed by atoms with Crippen molar-refractivity contribution in [3.05, 3.63) is 12.2 Å². The minimum atomic E-state index is -0.338. The fourth-order valence-corrected chi connectivity index (χ4v) is 0.557. The molecule has 0 saturated carbocycles. The van der Waals surface area contributed by atoms with Crippen molar-refractivity contribution in [2.24, 2.45) is 0 Å². The minimum absolute atomic E-state index is 0.338. The van der Waals surface area contributed by atoms with Crippen LogP contribution in [0.3, 0.4) is 0 Å². The van der Waals surface area contributed by atoms with Gasteiger partial charge in [0.15, 0.2) is 0 Å². The molecule has 0 aromatic rings. The van der Waals surface area contributed by atoms with Crippen LogP contribution in [0.5, 0.6) is 0 Å². The van der Waals surface area contributed by atoms with E-state index in [0.717, 1.165) is 0 Å². The molecule has 9 heavy (non-hydrogen) atoms. The van der Waals surface area contributed by atoms with Crippen molar-refractivity contribution in [3.63, 3.8) is 0 Å². The number of hydrogen-bond acceptors (Lipinski definition) is 2. The lowest BCUT2D eigenvalue weighted by Gasteiger charge is -2.01. The van der Waals surface area contributed by atoms with Crippen LogP contribution in [0.25, 0.3) is 0 Å². The molecule has 0 aliphatic heterocycles. The van der Waals surface area contributed by atoms with Gasteiger partial charge in [-0.05, 0) is 6.92 Å². The minimum Gasteiger partial charge on any atom is -0.389 e. The zero-order valence-corrected chi connectivity index (χ0v) is 6.00. The van der Waals surface area contributed by atoms with Crippen molar-refractivity contribution in [1.29, 1.82) is 0 Å². The van der Waals surface area contributed by atoms with Crippen molar-refractivity contribution in [2.75, 3.05) is 13.7 Å². The van der Waals surface area contributed by atoms with Gasteiger partial charge in [0.25, 0.3) is 0 Å². The SMILES string of the molecule is C/C=C/C(O)CCOC. The summed E-state index contributed by atoms with van der Waals surface area (Å²) in [6.07, 6.45) is 3.93. The summed E-state index contributed by atoms with van der Waals surface area (Å²) in [4.78, 5) is 0. The highest BCUT2D eigenvalue weighted by Gasteiger charge is 1.94. The third-order valence-corrected chi connectivity index (χ3v) is 1.03. The van der Waals surface area contributed by atoms with E-state index in [0.29, 0.717) is 13.0 Å². The van der Waals surface area contributed by atoms with Gasteiger partial charge in [-0.1, -0.05) is 12.2 Å². The molecule has 1 N–H and O–H groups in total. The van der Waals surface area contributed by atoms with Gasteiger partial charge in [0.1, 0.15) is 0 Å². The topological polar surface area (TPSA) is 29.5 Å². The molecule has 0 heterocycles. The molecular formula is C7H14O2. The van der Waals surface area contributed by atoms with E-state index in [1.807, 2.05) is 13.0 Å². The molecule has 1 atom stereocenters. The van der Waals surface area contributed by atoms with E-state index in [9.17, 15) is 0 Å². The average Bonchev–Trinajstić information content (AvgIpc) is 1.85. The van der Waals surface area contributed by atoms with E-state index in [4.69, 9.17) is 9.84 Å². The third-order valence-electron chi connectivity index (χ3n) is 1.03. The number of allylic oxidation sites excluding steroid dienone is 1. The highest BCUT2D eigenvalue weighted by atomic mass is 16.5. The third kappa shape index (κ3) is 5.53. The Bertz CT molecular complexity index is 79.0. The van der Waals surface area contributed by atoms with Crippen molar-refractivity contribution in [2.45, 2.75) is 19.4 Å². The summed E-state index contributed by atoms with van der Waals surface area (Å²) in [5, 5.41) is 9.01. The second kappa shape index (κ2) is 5.79. The molecular weight excluding hydrogens is 116 g/mol. The smallest absolute Gasteiger partial charge is 0.0742 e. The highest BCUT2D eigenvalue weighted by molar-refractivity contribution is 4.84. The Morgan fingerprint density at radius 1 is 1.67 bits per heavy atom. The van der Waals surface area contributed by atoms with Crippen LogP contribution in [0.4, 0.5) is 0 Å². The van der Waals surface area contributed by atoms with Crippen LogP contribution in [0.1, 0.15) is 13.3 Å². The van der Waals surface area contributed by atoms with Crippen molar-refractivity contribution in [3.8, 4) is 0 Å². The maximum Gasteiger partial charge on any atom is 0.0742 e. The molecule has 0 aliphatic carbocycles. The quantitative estimate of drug-likeness (QED) is 0.574. The van der Waals surface area contributed by atoms with Crippen LogP contribution in [0.2, 0.25) is 0 Å². The normalized spacial score (nSPS) is 14.6. The first-order valence-corrected chi connectivity index (χ1v) is 3.11. The predicted octanol–water partition coefficient (Wildman–Crippen LogP) is 0.960. The number of ether oxygens (including phenoxy) is 1. The lowest BCUT2D eigenvalue weighted by molar-refractivity contribution is 0.136. The molecule has 0 fully saturated rings. The van der Waals surface area contributed by atoms with Gasteiger partial charge < -0.3 is 9.84 Å². The maximum absolute atomic E-state index is 9.01. The average molecular weight is 130 g/mol. The second-order valence-corrected chi connectivity index (χ2v) is 1.87. The monoisotopic (exact) mass is 130 g/mol. The van der Waals surface area contributed by atoms with Gasteiger partial charge in [0.05, 0.1) is 6.10 Å². The van der Waals surface area contributed by atoms with E-state index < -0.39 is 0 Å². The summed E-state index contributed by atoms with van der Waals surface area (Å²) in [5.74, 6) is 0. The first-order valence-electron chi connectivity index (χ1n) is 3.11. The Morgan fingerprint density at radius 2 is 2.33 bits per heavy atom. The zero-order chi connectivity index (χ0) is 7.11. The fourth-order valence-electron chi connectivity index (χ4n) is 0.557. The van der Waals surface area contributed by atoms with Crippen LogP contribution in [0.15, 0.2) is 12.2 Å². The van der Waals surface area contributed by atoms with Crippen LogP contribution >= 0.6 is 0 Å². The van der Waals surface area contributed by atoms with Crippen LogP contribution < -0.4 is 0 Å². The lowest BCUT2D eigenvalue weighted by Crippen LogP contribution is -2.05. The molecule has 0 spiro atoms. The van der Waals surface area contributed by atoms with E-state index in [2.05, 4.69) is 0 Å². The van der Waals surface area contributed by atoms with Crippen molar-refractivity contribution in [1.82, 2.24) is 0 Å². The van der Waals surface area contributed by atoms with Gasteiger partial charge in [-0.3, -0.25) is 0 Å². The molecule has 0 aromatic carbocycles. The van der Waals surface area contributed by atoms with E-state index in [1.54, 1.807) is 13.2 Å². The summed E-state index contributed by atoms with van der Waals surface area (Å²) in [7, 11) is 1.63. The number of rotatable bonds is 4. The van der Waals surface area contributed by atoms with Gasteiger partial charge in [0.2, 0.25) is 0 Å². The van der Waals surface area contributed by atoms with Gasteiger partial charge in [-0.15, -0.1) is 0 Å². The Kier molecular flexibility index (Phi) is 5.57. The number of aliphatic hydroxyl groups excluding tert-OH is 1. The fraction of sp³-hybridized carbons (Fsp3) is 0.714. The summed E-state index contributed by atoms with van der Waals surface area (Å²) >= 11 is 0. The molecule has 2 heteroatoms. The van der Waals surface area contributed by atoms with Gasteiger partial charge in [-0.25, -0.2) is 0 Å². The molecule has 0 bridgehead atoms. The summed E-state index contributed by atoms with van der Waals surface area (Å²) < 4.78 is 4.76. The van der Waals surface area contributed by atoms with Crippen molar-refractivity contribution >= 4 is 0 Å². The molecule has 1 unspecified atom stereocenters. The number of aliphatic hydroxyl groups is 1. The highest BCUT2D eigenvalue weighted by Crippen LogP contribution is 1.92. The van der Waals surface area contributed by atoms with E-state index in [1.165, 1.54) is 0 Å². The molecule has 0 amide bonds. The zero-order valence-electron chi connectivity index (χ0n) is 6.00. The molecule has 0 saturated heterocycles. The number of hydrogen-bond donors (Lipinski definition) is 1. The van der Waals surface area contributed by atoms with E-state index >= 15 is 0 Å². The molecule has 0 aromatic heterocycles. The number of methoxy groups -OCH3 is 1. The van der Waals surface area contributed by atoms with Gasteiger partial charge in [-0.2, -0.15) is 0 Å². The standard InChI is InChI=1S/C7H14O2/c1-3-4-7(8)5-6-9-2/h3-4,7-8H,5-6H2,1-2H3/b4-3+. The first-order chi connectivity index (χ1) is 4.31. The van der Waals surface area contributed by atoms with E-state index in [-0.39, 0.29) is 6.10 Å². The molecule has 2 nitrogen and oxygen atoms in total. The lowest BCUT2D eigenvalue weighted by atomic mass is 10.2. The molecule has 0 radical (unpaired) electrons.